The van der Waals surface area contributed by atoms with Gasteiger partial charge in [0, 0.05) is 5.92 Å². The molecule has 0 radical (unpaired) electrons. The van der Waals surface area contributed by atoms with Gasteiger partial charge in [0.15, 0.2) is 0 Å². The normalized spacial score (nSPS) is 56.1. The van der Waals surface area contributed by atoms with Crippen molar-refractivity contribution in [3.8, 4) is 0 Å². The van der Waals surface area contributed by atoms with Crippen LogP contribution in [0, 0.1) is 40.9 Å². The molecule has 0 aromatic heterocycles. The average molecular weight is 319 g/mol. The molecule has 0 saturated heterocycles. The first-order valence-electron chi connectivity index (χ1n) is 10.1. The number of aldehydes is 1. The Labute approximate surface area is 141 Å². The summed E-state index contributed by atoms with van der Waals surface area (Å²) in [6.45, 7) is 4.48. The van der Waals surface area contributed by atoms with Gasteiger partial charge in [0.2, 0.25) is 0 Å². The van der Waals surface area contributed by atoms with Gasteiger partial charge in [-0.3, -0.25) is 0 Å². The number of rotatable bonds is 1. The van der Waals surface area contributed by atoms with Gasteiger partial charge in [-0.25, -0.2) is 0 Å². The minimum absolute atomic E-state index is 0.286. The topological polar surface area (TPSA) is 37.3 Å². The van der Waals surface area contributed by atoms with Crippen LogP contribution in [-0.4, -0.2) is 17.0 Å². The van der Waals surface area contributed by atoms with Crippen LogP contribution in [0.4, 0.5) is 0 Å². The fraction of sp³-hybridized carbons (Fsp3) is 0.952. The van der Waals surface area contributed by atoms with Crippen molar-refractivity contribution in [3.05, 3.63) is 0 Å². The maximum Gasteiger partial charge on any atom is 0.123 e. The summed E-state index contributed by atoms with van der Waals surface area (Å²) >= 11 is 0. The summed E-state index contributed by atoms with van der Waals surface area (Å²) in [5, 5.41) is 10.5. The van der Waals surface area contributed by atoms with Crippen LogP contribution in [0.2, 0.25) is 0 Å². The van der Waals surface area contributed by atoms with Crippen molar-refractivity contribution in [1.29, 1.82) is 0 Å². The Balaban J connectivity index is 1.56. The molecule has 4 fully saturated rings. The van der Waals surface area contributed by atoms with Gasteiger partial charge in [0.1, 0.15) is 6.29 Å². The first kappa shape index (κ1) is 16.1. The Kier molecular flexibility index (Phi) is 3.91. The van der Waals surface area contributed by atoms with Crippen LogP contribution in [0.1, 0.15) is 78.1 Å². The van der Waals surface area contributed by atoms with E-state index in [9.17, 15) is 9.90 Å². The van der Waals surface area contributed by atoms with Crippen molar-refractivity contribution in [3.63, 3.8) is 0 Å². The molecule has 8 atom stereocenters. The van der Waals surface area contributed by atoms with E-state index >= 15 is 0 Å². The number of hydrogen-bond donors (Lipinski definition) is 1. The van der Waals surface area contributed by atoms with E-state index in [2.05, 4.69) is 6.92 Å². The second-order valence-corrected chi connectivity index (χ2v) is 9.89. The largest absolute Gasteiger partial charge is 0.390 e. The van der Waals surface area contributed by atoms with Gasteiger partial charge in [-0.15, -0.1) is 0 Å². The summed E-state index contributed by atoms with van der Waals surface area (Å²) in [5.41, 5.74) is -0.126. The Morgan fingerprint density at radius 1 is 0.913 bits per heavy atom. The van der Waals surface area contributed by atoms with Gasteiger partial charge in [-0.2, -0.15) is 0 Å². The van der Waals surface area contributed by atoms with E-state index in [0.29, 0.717) is 5.92 Å². The Bertz CT molecular complexity index is 470. The predicted molar refractivity (Wildman–Crippen MR) is 91.9 cm³/mol. The van der Waals surface area contributed by atoms with E-state index in [1.807, 2.05) is 6.92 Å². The molecule has 23 heavy (non-hydrogen) atoms. The second-order valence-electron chi connectivity index (χ2n) is 9.89. The lowest BCUT2D eigenvalue weighted by Gasteiger charge is -2.60. The third-order valence-corrected chi connectivity index (χ3v) is 8.72. The lowest BCUT2D eigenvalue weighted by atomic mass is 9.45. The zero-order valence-electron chi connectivity index (χ0n) is 15.0. The first-order chi connectivity index (χ1) is 10.9. The molecule has 0 aliphatic heterocycles. The molecule has 4 aliphatic rings. The van der Waals surface area contributed by atoms with Crippen molar-refractivity contribution in [2.75, 3.05) is 0 Å². The summed E-state index contributed by atoms with van der Waals surface area (Å²) in [6.07, 6.45) is 13.6. The maximum atomic E-state index is 11.7. The molecule has 1 N–H and O–H groups in total. The summed E-state index contributed by atoms with van der Waals surface area (Å²) in [4.78, 5) is 11.7. The summed E-state index contributed by atoms with van der Waals surface area (Å²) in [5.74, 6) is 4.46. The van der Waals surface area contributed by atoms with Crippen LogP contribution in [0.3, 0.4) is 0 Å². The molecule has 130 valence electrons. The molecule has 0 heterocycles. The molecule has 0 spiro atoms. The standard InChI is InChI=1S/C21H34O2/c1-20(23)10-8-16-14(12-20)6-7-18-17(16)9-11-21(2)15(13-22)4-3-5-19(18)21/h13-19,23H,3-12H2,1-2H3/t14-,15-,16+,17-,18-,19+,20-,21-/m1/s1. The highest BCUT2D eigenvalue weighted by atomic mass is 16.3. The molecule has 2 heteroatoms. The highest BCUT2D eigenvalue weighted by molar-refractivity contribution is 5.55. The molecule has 0 aromatic carbocycles. The van der Waals surface area contributed by atoms with Crippen molar-refractivity contribution in [2.24, 2.45) is 40.9 Å². The average Bonchev–Trinajstić information content (AvgIpc) is 2.52. The predicted octanol–water partition coefficient (Wildman–Crippen LogP) is 4.60. The third-order valence-electron chi connectivity index (χ3n) is 8.72. The van der Waals surface area contributed by atoms with Crippen molar-refractivity contribution < 1.29 is 9.90 Å². The number of aliphatic hydroxyl groups is 1. The summed E-state index contributed by atoms with van der Waals surface area (Å²) in [6, 6.07) is 0. The maximum absolute atomic E-state index is 11.7. The van der Waals surface area contributed by atoms with Crippen LogP contribution in [0.5, 0.6) is 0 Å². The van der Waals surface area contributed by atoms with Gasteiger partial charge in [-0.1, -0.05) is 13.3 Å². The quantitative estimate of drug-likeness (QED) is 0.718. The Morgan fingerprint density at radius 2 is 1.70 bits per heavy atom. The van der Waals surface area contributed by atoms with Crippen LogP contribution in [-0.2, 0) is 4.79 Å². The molecule has 4 saturated carbocycles. The molecular weight excluding hydrogens is 284 g/mol. The molecule has 0 amide bonds. The van der Waals surface area contributed by atoms with E-state index in [-0.39, 0.29) is 5.41 Å². The number of carbonyl (C=O) groups excluding carboxylic acids is 1. The van der Waals surface area contributed by atoms with Gasteiger partial charge in [0.25, 0.3) is 0 Å². The van der Waals surface area contributed by atoms with E-state index < -0.39 is 5.60 Å². The van der Waals surface area contributed by atoms with Gasteiger partial charge in [-0.05, 0) is 99.7 Å². The first-order valence-corrected chi connectivity index (χ1v) is 10.1. The monoisotopic (exact) mass is 318 g/mol. The molecule has 2 nitrogen and oxygen atoms in total. The molecule has 4 aliphatic carbocycles. The lowest BCUT2D eigenvalue weighted by molar-refractivity contribution is -0.139. The number of fused-ring (bicyclic) bond motifs is 5. The highest BCUT2D eigenvalue weighted by Crippen LogP contribution is 2.62. The number of hydrogen-bond acceptors (Lipinski definition) is 2. The van der Waals surface area contributed by atoms with E-state index in [1.54, 1.807) is 0 Å². The fourth-order valence-corrected chi connectivity index (χ4v) is 7.54. The van der Waals surface area contributed by atoms with Gasteiger partial charge >= 0.3 is 0 Å². The number of carbonyl (C=O) groups is 1. The van der Waals surface area contributed by atoms with Crippen LogP contribution in [0.25, 0.3) is 0 Å². The van der Waals surface area contributed by atoms with Crippen molar-refractivity contribution in [1.82, 2.24) is 0 Å². The second kappa shape index (κ2) is 5.58. The van der Waals surface area contributed by atoms with E-state index in [0.717, 1.165) is 48.9 Å². The fourth-order valence-electron chi connectivity index (χ4n) is 7.54. The molecular formula is C21H34O2. The zero-order valence-corrected chi connectivity index (χ0v) is 15.0. The SMILES string of the molecule is C[C@@]1(O)CC[C@H]2[C@H](CC[C@@H]3[C@@H]2CC[C@]2(C)[C@@H](C=O)CCC[C@@H]32)C1. The van der Waals surface area contributed by atoms with Crippen LogP contribution >= 0.6 is 0 Å². The van der Waals surface area contributed by atoms with Crippen molar-refractivity contribution in [2.45, 2.75) is 83.7 Å². The molecule has 0 unspecified atom stereocenters. The Morgan fingerprint density at radius 3 is 2.48 bits per heavy atom. The summed E-state index contributed by atoms with van der Waals surface area (Å²) < 4.78 is 0. The minimum Gasteiger partial charge on any atom is -0.390 e. The van der Waals surface area contributed by atoms with Gasteiger partial charge < -0.3 is 9.90 Å². The smallest absolute Gasteiger partial charge is 0.123 e. The molecule has 0 bridgehead atoms. The zero-order chi connectivity index (χ0) is 16.2. The summed E-state index contributed by atoms with van der Waals surface area (Å²) in [7, 11) is 0. The molecule has 0 aromatic rings. The van der Waals surface area contributed by atoms with E-state index in [4.69, 9.17) is 0 Å². The van der Waals surface area contributed by atoms with Crippen LogP contribution < -0.4 is 0 Å². The van der Waals surface area contributed by atoms with E-state index in [1.165, 1.54) is 51.2 Å². The third kappa shape index (κ3) is 2.51. The molecule has 4 rings (SSSR count). The lowest BCUT2D eigenvalue weighted by Crippen LogP contribution is -2.53. The van der Waals surface area contributed by atoms with Gasteiger partial charge in [0.05, 0.1) is 5.60 Å². The Hall–Kier alpha value is -0.370. The van der Waals surface area contributed by atoms with Crippen LogP contribution in [0.15, 0.2) is 0 Å². The highest BCUT2D eigenvalue weighted by Gasteiger charge is 2.55. The minimum atomic E-state index is -0.412. The van der Waals surface area contributed by atoms with Crippen molar-refractivity contribution >= 4 is 6.29 Å².